The highest BCUT2D eigenvalue weighted by molar-refractivity contribution is 7.60. The van der Waals surface area contributed by atoms with Crippen LogP contribution in [0.4, 0.5) is 11.6 Å². The van der Waals surface area contributed by atoms with Gasteiger partial charge in [-0.05, 0) is 19.9 Å². The highest BCUT2D eigenvalue weighted by atomic mass is 31.3. The standard InChI is InChI=1S/C26H40N7O19P3.C23H38N7O17P3.C5H6O4.C2H4O2.2CH4/c1-26(2,21(39)24(40)29-9-7-16(35)28-8-6-14(34)4-3-5-17(36)37)11-49-55(46,47)52-54(44,45)48-10-15-20(51-53(41,42)43)19(38)25(50-15)33-13-32-18-22(27)30-12-31-23(18)33;1-12(31)4-6-25-14(32)5-7-26-21(35)18(34)23(2,3)9-44-50(41,42)47-49(39,40)43-8-13-17(46-48(36,37)38)16(33)22(45-13)30-11-29-15-19(24)27-10-28-20(15)30;6-4(7)2-1-3-5(8)9;1-2(3)4;;/h3-4,12-13,15,19-21,25,38-39H,5-11H2,1-2H3,(H,28,35)(H,29,40)(H,36,37)(H,44,45)(H,46,47)(H2,27,30,31)(H2,41,42,43);10-11,13,16-18,22,33-34H,4-9H2,1-3H3,(H,25,32)(H,26,35)(H,39,40)(H,41,42)(H2,24,27,28)(H2,36,37,38);1-2H,3H2,(H,6,7)(H,8,9);1H3,(H,3,4);2*1H4/p-9/b4-3+;;2-1+;;;. The van der Waals surface area contributed by atoms with Gasteiger partial charge in [-0.15, -0.1) is 0 Å². The molecule has 0 aliphatic carbocycles. The van der Waals surface area contributed by atoms with Gasteiger partial charge in [-0.25, -0.2) is 43.3 Å². The zero-order valence-corrected chi connectivity index (χ0v) is 67.5. The molecule has 0 aromatic carbocycles. The number of aliphatic hydroxyl groups is 4. The van der Waals surface area contributed by atoms with E-state index in [0.717, 1.165) is 79.5 Å². The van der Waals surface area contributed by atoms with Crippen molar-refractivity contribution in [2.24, 2.45) is 10.8 Å². The molecular weight excluding hydrogens is 1750 g/mol. The summed E-state index contributed by atoms with van der Waals surface area (Å²) in [6, 6.07) is 0. The van der Waals surface area contributed by atoms with Gasteiger partial charge < -0.3 is 163 Å². The number of phosphoric acid groups is 6. The number of nitrogens with one attached hydrogen (secondary N) is 4. The van der Waals surface area contributed by atoms with Crippen molar-refractivity contribution in [1.82, 2.24) is 60.3 Å². The van der Waals surface area contributed by atoms with E-state index in [9.17, 15) is 130 Å². The summed E-state index contributed by atoms with van der Waals surface area (Å²) in [4.78, 5) is 228. The van der Waals surface area contributed by atoms with Gasteiger partial charge >= 0.3 is 17.9 Å². The molecule has 2 saturated heterocycles. The maximum Gasteiger partial charge on any atom is 0.327 e. The molecule has 120 heavy (non-hydrogen) atoms. The lowest BCUT2D eigenvalue weighted by Crippen LogP contribution is -2.46. The van der Waals surface area contributed by atoms with Crippen molar-refractivity contribution in [3.8, 4) is 0 Å². The lowest BCUT2D eigenvalue weighted by atomic mass is 9.87. The molecule has 62 heteroatoms. The number of aliphatic carboxylic acids is 4. The fraction of sp³-hybridized carbons (Fsp3) is 0.586. The first-order valence-electron chi connectivity index (χ1n) is 33.1. The summed E-state index contributed by atoms with van der Waals surface area (Å²) in [5.74, 6) is -8.28. The molecule has 4 amide bonds. The molecule has 0 spiro atoms. The summed E-state index contributed by atoms with van der Waals surface area (Å²) in [7, 11) is -35.2. The Bertz CT molecular complexity index is 4540. The summed E-state index contributed by atoms with van der Waals surface area (Å²) >= 11 is 0. The third kappa shape index (κ3) is 39.3. The van der Waals surface area contributed by atoms with Gasteiger partial charge in [-0.3, -0.25) is 65.8 Å². The molecule has 680 valence electrons. The Morgan fingerprint density at radius 1 is 0.533 bits per heavy atom. The average molecular weight is 1840 g/mol. The predicted octanol–water partition coefficient (Wildman–Crippen LogP) is -8.15. The molecule has 2 fully saturated rings. The second-order valence-electron chi connectivity index (χ2n) is 25.5. The number of phosphoric ester groups is 6. The van der Waals surface area contributed by atoms with Crippen LogP contribution >= 0.6 is 46.9 Å². The number of imidazole rings is 2. The second kappa shape index (κ2) is 48.6. The van der Waals surface area contributed by atoms with Crippen LogP contribution in [-0.2, 0) is 121 Å². The Morgan fingerprint density at radius 2 is 0.867 bits per heavy atom. The van der Waals surface area contributed by atoms with Gasteiger partial charge in [-0.1, -0.05) is 54.7 Å². The normalized spacial score (nSPS) is 20.5. The Morgan fingerprint density at radius 3 is 1.20 bits per heavy atom. The number of nitrogens with zero attached hydrogens (tertiary/aromatic N) is 8. The number of ketones is 2. The van der Waals surface area contributed by atoms with Crippen LogP contribution in [0, 0.1) is 10.8 Å². The van der Waals surface area contributed by atoms with Crippen molar-refractivity contribution in [1.29, 1.82) is 0 Å². The Balaban J connectivity index is 0.00000103. The van der Waals surface area contributed by atoms with Crippen molar-refractivity contribution in [3.63, 3.8) is 0 Å². The largest absolute Gasteiger partial charge is 0.790 e. The number of nitrogens with two attached hydrogens (primary N) is 2. The SMILES string of the molecule is C.C.CC(=O)CCNC(=O)CCNC(=O)C(O)C(C)(C)COP(=O)([O-])OP(=O)([O-])OCC1OC(n2cnc3c(N)ncnc32)C(O)C1OP(=O)([O-])[O-].CC(=O)[O-].CC(C)(COP(=O)([O-])OP(=O)([O-])OCC1OC(n2cnc3c(N)ncnc32)C(O)C1OP(=O)([O-])[O-])C(O)C(=O)NCCC(=O)NCCC(=O)/C=C/CC(=O)O.O=C(O)/C=C/CC(=O)O. The molecule has 4 aromatic heterocycles. The van der Waals surface area contributed by atoms with E-state index < -0.39 is 199 Å². The minimum atomic E-state index is -5.93. The van der Waals surface area contributed by atoms with Crippen LogP contribution in [0.15, 0.2) is 49.6 Å². The molecule has 0 radical (unpaired) electrons. The zero-order chi connectivity index (χ0) is 89.9. The third-order valence-electron chi connectivity index (χ3n) is 14.7. The molecule has 0 bridgehead atoms. The van der Waals surface area contributed by atoms with Crippen molar-refractivity contribution in [2.45, 2.75) is 156 Å². The predicted molar refractivity (Wildman–Crippen MR) is 381 cm³/mol. The number of hydrogen-bond acceptors (Lipinski definition) is 47. The van der Waals surface area contributed by atoms with E-state index >= 15 is 0 Å². The van der Waals surface area contributed by atoms with E-state index in [-0.39, 0.29) is 119 Å². The van der Waals surface area contributed by atoms with E-state index in [1.54, 1.807) is 0 Å². The summed E-state index contributed by atoms with van der Waals surface area (Å²) in [6.45, 7) is 1.92. The lowest BCUT2D eigenvalue weighted by Gasteiger charge is -2.36. The maximum absolute atomic E-state index is 12.5. The molecule has 14 atom stereocenters. The number of anilines is 2. The highest BCUT2D eigenvalue weighted by Gasteiger charge is 2.49. The summed E-state index contributed by atoms with van der Waals surface area (Å²) < 4.78 is 120. The lowest BCUT2D eigenvalue weighted by molar-refractivity contribution is -0.348. The number of ether oxygens (including phenoxy) is 2. The fourth-order valence-corrected chi connectivity index (χ4v) is 14.6. The topological polar surface area (TPSA) is 902 Å². The minimum Gasteiger partial charge on any atom is -0.790 e. The van der Waals surface area contributed by atoms with Crippen molar-refractivity contribution in [2.75, 3.05) is 64.1 Å². The molecule has 6 heterocycles. The molecular formula is C58H87N14O42P6-9. The minimum absolute atomic E-state index is 0. The molecule has 4 aromatic rings. The number of rotatable bonds is 44. The molecule has 56 nitrogen and oxygen atoms in total. The molecule has 2 aliphatic rings. The van der Waals surface area contributed by atoms with Gasteiger partial charge in [0.1, 0.15) is 78.3 Å². The average Bonchev–Trinajstić information content (AvgIpc) is 1.62. The first-order valence-corrected chi connectivity index (χ1v) is 41.9. The monoisotopic (exact) mass is 1840 g/mol. The van der Waals surface area contributed by atoms with Crippen LogP contribution in [-0.4, -0.2) is 235 Å². The number of carboxylic acid groups (broad SMARTS) is 4. The first-order chi connectivity index (χ1) is 54.3. The van der Waals surface area contributed by atoms with Crippen molar-refractivity contribution >= 4 is 140 Å². The van der Waals surface area contributed by atoms with E-state index in [1.165, 1.54) is 20.8 Å². The summed E-state index contributed by atoms with van der Waals surface area (Å²) in [6.07, 6.45) is -11.9. The number of Topliss-reactive ketones (excluding diaryl/α,β-unsaturated/α-hetero) is 1. The first kappa shape index (κ1) is 110. The Hall–Kier alpha value is -8.22. The van der Waals surface area contributed by atoms with Gasteiger partial charge in [0.2, 0.25) is 23.6 Å². The van der Waals surface area contributed by atoms with Crippen LogP contribution in [0.1, 0.15) is 107 Å². The third-order valence-corrected chi connectivity index (χ3v) is 20.8. The molecule has 0 saturated carbocycles. The number of aromatic nitrogens is 8. The Labute approximate surface area is 679 Å². The molecule has 6 rings (SSSR count). The second-order valence-corrected chi connectivity index (χ2v) is 33.6. The van der Waals surface area contributed by atoms with Crippen molar-refractivity contribution in [3.05, 3.63) is 49.6 Å². The van der Waals surface area contributed by atoms with Crippen LogP contribution < -0.4 is 77.0 Å². The van der Waals surface area contributed by atoms with Gasteiger partial charge in [0.05, 0.1) is 67.6 Å². The smallest absolute Gasteiger partial charge is 0.327 e. The van der Waals surface area contributed by atoms with Gasteiger partial charge in [0.25, 0.3) is 31.3 Å². The Kier molecular flexibility index (Phi) is 44.4. The van der Waals surface area contributed by atoms with Crippen LogP contribution in [0.25, 0.3) is 22.3 Å². The van der Waals surface area contributed by atoms with E-state index in [4.69, 9.17) is 46.2 Å². The number of allylic oxidation sites excluding steroid dienone is 1. The van der Waals surface area contributed by atoms with Crippen LogP contribution in [0.3, 0.4) is 0 Å². The van der Waals surface area contributed by atoms with Gasteiger partial charge in [0.15, 0.2) is 41.2 Å². The highest BCUT2D eigenvalue weighted by Crippen LogP contribution is 2.58. The number of fused-ring (bicyclic) bond motifs is 2. The number of nitrogen functional groups attached to an aromatic ring is 2. The summed E-state index contributed by atoms with van der Waals surface area (Å²) in [5, 5.41) is 85.1. The molecule has 2 aliphatic heterocycles. The maximum atomic E-state index is 12.5. The number of amides is 4. The van der Waals surface area contributed by atoms with Gasteiger partial charge in [0, 0.05) is 74.7 Å². The summed E-state index contributed by atoms with van der Waals surface area (Å²) in [5.41, 5.74) is 8.05. The molecule has 14 unspecified atom stereocenters. The van der Waals surface area contributed by atoms with E-state index in [1.807, 2.05) is 0 Å². The van der Waals surface area contributed by atoms with E-state index in [0.29, 0.717) is 0 Å². The van der Waals surface area contributed by atoms with Crippen LogP contribution in [0.5, 0.6) is 0 Å². The number of carboxylic acids is 4. The van der Waals surface area contributed by atoms with Crippen molar-refractivity contribution < 1.29 is 201 Å². The molecule has 15 N–H and O–H groups in total. The number of aliphatic hydroxyl groups excluding tert-OH is 4. The quantitative estimate of drug-likeness (QED) is 0.0144. The van der Waals surface area contributed by atoms with E-state index in [2.05, 4.69) is 86.9 Å². The van der Waals surface area contributed by atoms with Crippen LogP contribution in [0.2, 0.25) is 0 Å². The number of hydrogen-bond donors (Lipinski definition) is 13. The number of carbonyl (C=O) groups is 10. The number of carbonyl (C=O) groups excluding carboxylic acids is 7. The van der Waals surface area contributed by atoms with Gasteiger partial charge in [-0.2, -0.15) is 0 Å². The fourth-order valence-electron chi connectivity index (χ4n) is 9.17. The zero-order valence-electron chi connectivity index (χ0n) is 62.1.